The minimum atomic E-state index is 0.555. The average molecular weight is 288 g/mol. The lowest BCUT2D eigenvalue weighted by atomic mass is 9.99. The Labute approximate surface area is 122 Å². The highest BCUT2D eigenvalue weighted by Gasteiger charge is 2.12. The van der Waals surface area contributed by atoms with Crippen molar-refractivity contribution in [1.29, 1.82) is 0 Å². The maximum atomic E-state index is 11.3. The number of ether oxygens (including phenoxy) is 2. The van der Waals surface area contributed by atoms with Gasteiger partial charge >= 0.3 is 0 Å². The smallest absolute Gasteiger partial charge is 0.161 e. The fraction of sp³-hybridized carbons (Fsp3) is 0.188. The highest BCUT2D eigenvalue weighted by molar-refractivity contribution is 7.98. The van der Waals surface area contributed by atoms with Gasteiger partial charge < -0.3 is 9.47 Å². The van der Waals surface area contributed by atoms with Gasteiger partial charge in [0, 0.05) is 10.5 Å². The minimum Gasteiger partial charge on any atom is -0.493 e. The van der Waals surface area contributed by atoms with E-state index in [-0.39, 0.29) is 0 Å². The summed E-state index contributed by atoms with van der Waals surface area (Å²) in [7, 11) is 3.14. The summed E-state index contributed by atoms with van der Waals surface area (Å²) >= 11 is 1.68. The van der Waals surface area contributed by atoms with Gasteiger partial charge in [-0.1, -0.05) is 12.1 Å². The fourth-order valence-electron chi connectivity index (χ4n) is 2.01. The van der Waals surface area contributed by atoms with E-state index in [0.29, 0.717) is 17.1 Å². The van der Waals surface area contributed by atoms with E-state index in [2.05, 4.69) is 0 Å². The van der Waals surface area contributed by atoms with Crippen molar-refractivity contribution in [3.8, 4) is 22.6 Å². The SMILES string of the molecule is COc1cc(C=O)c(-c2ccc(SC)cc2)cc1OC. The second-order valence-electron chi connectivity index (χ2n) is 4.14. The van der Waals surface area contributed by atoms with Gasteiger partial charge in [0.25, 0.3) is 0 Å². The molecule has 0 aromatic heterocycles. The average Bonchev–Trinajstić information content (AvgIpc) is 2.53. The summed E-state index contributed by atoms with van der Waals surface area (Å²) in [6.45, 7) is 0. The number of aldehydes is 1. The van der Waals surface area contributed by atoms with E-state index >= 15 is 0 Å². The number of carbonyl (C=O) groups is 1. The van der Waals surface area contributed by atoms with Gasteiger partial charge in [0.15, 0.2) is 17.8 Å². The quantitative estimate of drug-likeness (QED) is 0.617. The molecule has 0 saturated carbocycles. The first kappa shape index (κ1) is 14.5. The normalized spacial score (nSPS) is 10.2. The third kappa shape index (κ3) is 2.80. The van der Waals surface area contributed by atoms with Gasteiger partial charge in [-0.25, -0.2) is 0 Å². The van der Waals surface area contributed by atoms with Crippen LogP contribution < -0.4 is 9.47 Å². The summed E-state index contributed by atoms with van der Waals surface area (Å²) in [5.74, 6) is 1.17. The predicted octanol–water partition coefficient (Wildman–Crippen LogP) is 3.91. The van der Waals surface area contributed by atoms with Gasteiger partial charge in [-0.05, 0) is 41.6 Å². The molecule has 0 fully saturated rings. The van der Waals surface area contributed by atoms with Crippen molar-refractivity contribution in [2.24, 2.45) is 0 Å². The van der Waals surface area contributed by atoms with Gasteiger partial charge in [-0.15, -0.1) is 11.8 Å². The molecule has 0 bridgehead atoms. The molecule has 2 aromatic rings. The van der Waals surface area contributed by atoms with Crippen molar-refractivity contribution in [3.05, 3.63) is 42.0 Å². The molecule has 2 aromatic carbocycles. The molecule has 4 heteroatoms. The van der Waals surface area contributed by atoms with Gasteiger partial charge in [0.05, 0.1) is 14.2 Å². The van der Waals surface area contributed by atoms with Crippen LogP contribution in [-0.4, -0.2) is 26.8 Å². The Kier molecular flexibility index (Phi) is 4.69. The molecule has 0 spiro atoms. The van der Waals surface area contributed by atoms with Gasteiger partial charge in [-0.2, -0.15) is 0 Å². The highest BCUT2D eigenvalue weighted by Crippen LogP contribution is 2.35. The van der Waals surface area contributed by atoms with Crippen LogP contribution in [0.15, 0.2) is 41.3 Å². The van der Waals surface area contributed by atoms with Crippen LogP contribution in [0.1, 0.15) is 10.4 Å². The molecule has 0 heterocycles. The molecule has 0 aliphatic rings. The Morgan fingerprint density at radius 3 is 2.10 bits per heavy atom. The van der Waals surface area contributed by atoms with E-state index in [1.165, 1.54) is 4.90 Å². The van der Waals surface area contributed by atoms with Crippen molar-refractivity contribution >= 4 is 18.0 Å². The lowest BCUT2D eigenvalue weighted by molar-refractivity contribution is 0.112. The molecule has 104 valence electrons. The Bertz CT molecular complexity index is 606. The molecule has 0 aliphatic heterocycles. The van der Waals surface area contributed by atoms with Crippen LogP contribution in [0.4, 0.5) is 0 Å². The lowest BCUT2D eigenvalue weighted by Gasteiger charge is -2.12. The molecule has 3 nitrogen and oxygen atoms in total. The molecule has 2 rings (SSSR count). The zero-order chi connectivity index (χ0) is 14.5. The van der Waals surface area contributed by atoms with Gasteiger partial charge in [-0.3, -0.25) is 4.79 Å². The standard InChI is InChI=1S/C16H16O3S/c1-18-15-8-12(10-17)14(9-16(15)19-2)11-4-6-13(20-3)7-5-11/h4-10H,1-3H3. The van der Waals surface area contributed by atoms with E-state index < -0.39 is 0 Å². The monoisotopic (exact) mass is 288 g/mol. The summed E-state index contributed by atoms with van der Waals surface area (Å²) in [4.78, 5) is 12.5. The number of thioether (sulfide) groups is 1. The molecule has 0 radical (unpaired) electrons. The summed E-state index contributed by atoms with van der Waals surface area (Å²) < 4.78 is 10.5. The van der Waals surface area contributed by atoms with Gasteiger partial charge in [0.1, 0.15) is 0 Å². The Hall–Kier alpha value is -1.94. The van der Waals surface area contributed by atoms with Crippen LogP contribution in [-0.2, 0) is 0 Å². The predicted molar refractivity (Wildman–Crippen MR) is 82.2 cm³/mol. The highest BCUT2D eigenvalue weighted by atomic mass is 32.2. The molecule has 0 amide bonds. The van der Waals surface area contributed by atoms with Crippen molar-refractivity contribution in [3.63, 3.8) is 0 Å². The maximum absolute atomic E-state index is 11.3. The fourth-order valence-corrected chi connectivity index (χ4v) is 2.42. The summed E-state index contributed by atoms with van der Waals surface area (Å²) in [5.41, 5.74) is 2.40. The largest absolute Gasteiger partial charge is 0.493 e. The van der Waals surface area contributed by atoms with Crippen molar-refractivity contribution < 1.29 is 14.3 Å². The van der Waals surface area contributed by atoms with E-state index in [0.717, 1.165) is 17.4 Å². The van der Waals surface area contributed by atoms with Crippen LogP contribution in [0.25, 0.3) is 11.1 Å². The van der Waals surface area contributed by atoms with Crippen molar-refractivity contribution in [1.82, 2.24) is 0 Å². The van der Waals surface area contributed by atoms with Crippen LogP contribution >= 0.6 is 11.8 Å². The Balaban J connectivity index is 2.55. The zero-order valence-corrected chi connectivity index (χ0v) is 12.5. The van der Waals surface area contributed by atoms with Crippen LogP contribution in [0.3, 0.4) is 0 Å². The third-order valence-electron chi connectivity index (χ3n) is 3.08. The molecular formula is C16H16O3S. The summed E-state index contributed by atoms with van der Waals surface area (Å²) in [5, 5.41) is 0. The minimum absolute atomic E-state index is 0.555. The topological polar surface area (TPSA) is 35.5 Å². The maximum Gasteiger partial charge on any atom is 0.161 e. The second-order valence-corrected chi connectivity index (χ2v) is 5.02. The molecule has 0 N–H and O–H groups in total. The first-order valence-electron chi connectivity index (χ1n) is 6.09. The second kappa shape index (κ2) is 6.48. The number of methoxy groups -OCH3 is 2. The number of hydrogen-bond acceptors (Lipinski definition) is 4. The first-order chi connectivity index (χ1) is 9.73. The van der Waals surface area contributed by atoms with Gasteiger partial charge in [0.2, 0.25) is 0 Å². The number of hydrogen-bond donors (Lipinski definition) is 0. The van der Waals surface area contributed by atoms with E-state index in [4.69, 9.17) is 9.47 Å². The lowest BCUT2D eigenvalue weighted by Crippen LogP contribution is -1.95. The summed E-state index contributed by atoms with van der Waals surface area (Å²) in [6, 6.07) is 11.6. The Morgan fingerprint density at radius 2 is 1.60 bits per heavy atom. The van der Waals surface area contributed by atoms with E-state index in [1.807, 2.05) is 36.6 Å². The van der Waals surface area contributed by atoms with E-state index in [1.54, 1.807) is 32.0 Å². The van der Waals surface area contributed by atoms with E-state index in [9.17, 15) is 4.79 Å². The number of rotatable bonds is 5. The number of benzene rings is 2. The Morgan fingerprint density at radius 1 is 1.00 bits per heavy atom. The first-order valence-corrected chi connectivity index (χ1v) is 7.31. The molecule has 0 unspecified atom stereocenters. The van der Waals surface area contributed by atoms with Crippen LogP contribution in [0.2, 0.25) is 0 Å². The van der Waals surface area contributed by atoms with Crippen molar-refractivity contribution in [2.45, 2.75) is 4.90 Å². The molecule has 0 atom stereocenters. The molecule has 0 saturated heterocycles. The summed E-state index contributed by atoms with van der Waals surface area (Å²) in [6.07, 6.45) is 2.86. The number of carbonyl (C=O) groups excluding carboxylic acids is 1. The van der Waals surface area contributed by atoms with Crippen LogP contribution in [0, 0.1) is 0 Å². The molecule has 20 heavy (non-hydrogen) atoms. The molecular weight excluding hydrogens is 272 g/mol. The van der Waals surface area contributed by atoms with Crippen molar-refractivity contribution in [2.75, 3.05) is 20.5 Å². The zero-order valence-electron chi connectivity index (χ0n) is 11.7. The third-order valence-corrected chi connectivity index (χ3v) is 3.83. The van der Waals surface area contributed by atoms with Crippen LogP contribution in [0.5, 0.6) is 11.5 Å². The molecule has 0 aliphatic carbocycles.